The van der Waals surface area contributed by atoms with Crippen LogP contribution >= 0.6 is 15.9 Å². The molecule has 0 aliphatic rings. The number of hydrogen-bond acceptors (Lipinski definition) is 1. The molecule has 0 saturated heterocycles. The van der Waals surface area contributed by atoms with Gasteiger partial charge < -0.3 is 0 Å². The van der Waals surface area contributed by atoms with Crippen LogP contribution in [-0.2, 0) is 12.4 Å². The molecule has 1 rings (SSSR count). The van der Waals surface area contributed by atoms with Gasteiger partial charge in [0, 0.05) is 10.7 Å². The molecule has 15 heavy (non-hydrogen) atoms. The Labute approximate surface area is 88.2 Å². The van der Waals surface area contributed by atoms with E-state index in [1.165, 1.54) is 0 Å². The summed E-state index contributed by atoms with van der Waals surface area (Å²) in [5, 5.41) is 0. The molecule has 0 aromatic carbocycles. The summed E-state index contributed by atoms with van der Waals surface area (Å²) < 4.78 is 71.7. The van der Waals surface area contributed by atoms with Crippen molar-refractivity contribution in [3.63, 3.8) is 0 Å². The highest BCUT2D eigenvalue weighted by Crippen LogP contribution is 2.36. The molecule has 0 bridgehead atoms. The summed E-state index contributed by atoms with van der Waals surface area (Å²) in [6.45, 7) is 0. The van der Waals surface area contributed by atoms with Crippen molar-refractivity contribution in [2.45, 2.75) is 12.4 Å². The summed E-state index contributed by atoms with van der Waals surface area (Å²) >= 11 is 2.39. The highest BCUT2D eigenvalue weighted by Gasteiger charge is 2.38. The molecule has 8 heteroatoms. The highest BCUT2D eigenvalue weighted by molar-refractivity contribution is 9.10. The van der Waals surface area contributed by atoms with Crippen molar-refractivity contribution in [3.8, 4) is 0 Å². The molecule has 1 heterocycles. The highest BCUT2D eigenvalue weighted by atomic mass is 79.9. The molecule has 0 unspecified atom stereocenters. The number of rotatable bonds is 0. The number of halogens is 7. The molecule has 1 aromatic heterocycles. The van der Waals surface area contributed by atoms with Crippen molar-refractivity contribution in [2.75, 3.05) is 0 Å². The second-order valence-corrected chi connectivity index (χ2v) is 3.40. The van der Waals surface area contributed by atoms with Gasteiger partial charge >= 0.3 is 12.4 Å². The maximum Gasteiger partial charge on any atom is 0.434 e. The van der Waals surface area contributed by atoms with Crippen molar-refractivity contribution in [1.82, 2.24) is 4.98 Å². The van der Waals surface area contributed by atoms with Crippen LogP contribution in [0.25, 0.3) is 0 Å². The van der Waals surface area contributed by atoms with Crippen LogP contribution in [0.15, 0.2) is 16.7 Å². The minimum absolute atomic E-state index is 0.146. The van der Waals surface area contributed by atoms with Crippen molar-refractivity contribution < 1.29 is 26.3 Å². The van der Waals surface area contributed by atoms with Gasteiger partial charge in [-0.15, -0.1) is 0 Å². The Bertz CT molecular complexity index is 369. The quantitative estimate of drug-likeness (QED) is 0.662. The van der Waals surface area contributed by atoms with Gasteiger partial charge in [-0.1, -0.05) is 0 Å². The first-order valence-electron chi connectivity index (χ1n) is 3.42. The molecule has 1 aromatic rings. The van der Waals surface area contributed by atoms with E-state index >= 15 is 0 Å². The fourth-order valence-corrected chi connectivity index (χ4v) is 1.38. The molecule has 0 N–H and O–H groups in total. The van der Waals surface area contributed by atoms with Crippen LogP contribution < -0.4 is 0 Å². The zero-order valence-corrected chi connectivity index (χ0v) is 8.33. The van der Waals surface area contributed by atoms with E-state index in [1.807, 2.05) is 0 Å². The molecule has 1 nitrogen and oxygen atoms in total. The zero-order chi connectivity index (χ0) is 11.9. The molecule has 0 radical (unpaired) electrons. The van der Waals surface area contributed by atoms with Crippen LogP contribution in [0.5, 0.6) is 0 Å². The van der Waals surface area contributed by atoms with Crippen molar-refractivity contribution >= 4 is 15.9 Å². The number of aromatic nitrogens is 1. The largest absolute Gasteiger partial charge is 0.434 e. The molecular formula is C7H2BrF6N. The number of hydrogen-bond donors (Lipinski definition) is 0. The standard InChI is InChI=1S/C7H2BrF6N/c8-4-1-3(6(9,10)11)2-15-5(4)7(12,13)14/h1-2H. The normalized spacial score (nSPS) is 13.0. The van der Waals surface area contributed by atoms with Crippen LogP contribution in [0, 0.1) is 0 Å². The third-order valence-electron chi connectivity index (χ3n) is 1.44. The third kappa shape index (κ3) is 2.83. The summed E-state index contributed by atoms with van der Waals surface area (Å²) in [7, 11) is 0. The van der Waals surface area contributed by atoms with Crippen molar-refractivity contribution in [3.05, 3.63) is 28.0 Å². The molecule has 0 atom stereocenters. The van der Waals surface area contributed by atoms with Crippen LogP contribution in [-0.4, -0.2) is 4.98 Å². The van der Waals surface area contributed by atoms with E-state index in [-0.39, 0.29) is 6.20 Å². The molecule has 0 saturated carbocycles. The molecule has 0 aliphatic carbocycles. The second kappa shape index (κ2) is 3.66. The Morgan fingerprint density at radius 3 is 1.87 bits per heavy atom. The molecule has 0 fully saturated rings. The maximum atomic E-state index is 12.1. The smallest absolute Gasteiger partial charge is 0.250 e. The predicted octanol–water partition coefficient (Wildman–Crippen LogP) is 3.88. The molecule has 0 spiro atoms. The summed E-state index contributed by atoms with van der Waals surface area (Å²) in [6.07, 6.45) is -9.34. The van der Waals surface area contributed by atoms with Crippen molar-refractivity contribution in [2.24, 2.45) is 0 Å². The van der Waals surface area contributed by atoms with Crippen LogP contribution in [0.2, 0.25) is 0 Å². The van der Waals surface area contributed by atoms with Gasteiger partial charge in [0.1, 0.15) is 0 Å². The average Bonchev–Trinajstić information content (AvgIpc) is 1.99. The summed E-state index contributed by atoms with van der Waals surface area (Å²) in [5.74, 6) is 0. The second-order valence-electron chi connectivity index (χ2n) is 2.55. The van der Waals surface area contributed by atoms with Gasteiger partial charge in [-0.25, -0.2) is 0 Å². The van der Waals surface area contributed by atoms with Gasteiger partial charge in [0.2, 0.25) is 0 Å². The number of pyridine rings is 1. The predicted molar refractivity (Wildman–Crippen MR) is 41.9 cm³/mol. The Kier molecular flexibility index (Phi) is 2.99. The van der Waals surface area contributed by atoms with Crippen LogP contribution in [0.3, 0.4) is 0 Å². The molecular weight excluding hydrogens is 292 g/mol. The zero-order valence-electron chi connectivity index (χ0n) is 6.75. The minimum Gasteiger partial charge on any atom is -0.250 e. The number of alkyl halides is 6. The topological polar surface area (TPSA) is 12.9 Å². The van der Waals surface area contributed by atoms with E-state index in [4.69, 9.17) is 0 Å². The maximum absolute atomic E-state index is 12.1. The van der Waals surface area contributed by atoms with Gasteiger partial charge in [0.15, 0.2) is 5.69 Å². The van der Waals surface area contributed by atoms with Crippen LogP contribution in [0.4, 0.5) is 26.3 Å². The average molecular weight is 294 g/mol. The van der Waals surface area contributed by atoms with Crippen LogP contribution in [0.1, 0.15) is 11.3 Å². The Morgan fingerprint density at radius 2 is 1.53 bits per heavy atom. The molecule has 0 amide bonds. The van der Waals surface area contributed by atoms with E-state index in [0.29, 0.717) is 6.07 Å². The van der Waals surface area contributed by atoms with Gasteiger partial charge in [-0.3, -0.25) is 4.98 Å². The molecule has 0 aliphatic heterocycles. The Balaban J connectivity index is 3.21. The lowest BCUT2D eigenvalue weighted by Crippen LogP contribution is -2.12. The third-order valence-corrected chi connectivity index (χ3v) is 2.04. The van der Waals surface area contributed by atoms with Gasteiger partial charge in [-0.05, 0) is 22.0 Å². The van der Waals surface area contributed by atoms with E-state index in [2.05, 4.69) is 20.9 Å². The van der Waals surface area contributed by atoms with E-state index in [9.17, 15) is 26.3 Å². The molecule has 84 valence electrons. The van der Waals surface area contributed by atoms with Crippen molar-refractivity contribution in [1.29, 1.82) is 0 Å². The SMILES string of the molecule is FC(F)(F)c1cnc(C(F)(F)F)c(Br)c1. The first-order valence-corrected chi connectivity index (χ1v) is 4.21. The van der Waals surface area contributed by atoms with Gasteiger partial charge in [0.25, 0.3) is 0 Å². The lowest BCUT2D eigenvalue weighted by molar-refractivity contribution is -0.145. The van der Waals surface area contributed by atoms with Gasteiger partial charge in [0.05, 0.1) is 5.56 Å². The summed E-state index contributed by atoms with van der Waals surface area (Å²) in [5.41, 5.74) is -2.61. The number of nitrogens with zero attached hydrogens (tertiary/aromatic N) is 1. The first kappa shape index (κ1) is 12.3. The van der Waals surface area contributed by atoms with E-state index < -0.39 is 28.1 Å². The lowest BCUT2D eigenvalue weighted by atomic mass is 10.2. The summed E-state index contributed by atoms with van der Waals surface area (Å²) in [4.78, 5) is 2.72. The van der Waals surface area contributed by atoms with Gasteiger partial charge in [-0.2, -0.15) is 26.3 Å². The fourth-order valence-electron chi connectivity index (χ4n) is 0.802. The van der Waals surface area contributed by atoms with E-state index in [0.717, 1.165) is 0 Å². The Morgan fingerprint density at radius 1 is 1.00 bits per heavy atom. The lowest BCUT2D eigenvalue weighted by Gasteiger charge is -2.10. The van der Waals surface area contributed by atoms with E-state index in [1.54, 1.807) is 0 Å². The first-order chi connectivity index (χ1) is 6.62. The summed E-state index contributed by atoms with van der Waals surface area (Å²) in [6, 6.07) is 0.343. The Hall–Kier alpha value is -0.790. The minimum atomic E-state index is -4.77. The monoisotopic (exact) mass is 293 g/mol. The fraction of sp³-hybridized carbons (Fsp3) is 0.286.